The van der Waals surface area contributed by atoms with Crippen molar-refractivity contribution >= 4 is 26.7 Å². The Bertz CT molecular complexity index is 1090. The number of benzene rings is 2. The highest BCUT2D eigenvalue weighted by molar-refractivity contribution is 7.89. The maximum absolute atomic E-state index is 12.8. The number of piperazine rings is 1. The molecule has 1 fully saturated rings. The number of aromatic nitrogens is 2. The summed E-state index contributed by atoms with van der Waals surface area (Å²) in [5, 5.41) is 0. The molecule has 0 saturated carbocycles. The van der Waals surface area contributed by atoms with E-state index < -0.39 is 10.0 Å². The van der Waals surface area contributed by atoms with Crippen LogP contribution in [0.2, 0.25) is 0 Å². The second-order valence-electron chi connectivity index (χ2n) is 6.51. The van der Waals surface area contributed by atoms with Gasteiger partial charge < -0.3 is 14.9 Å². The molecule has 7 nitrogen and oxygen atoms in total. The molecule has 0 atom stereocenters. The lowest BCUT2D eigenvalue weighted by Gasteiger charge is -2.35. The van der Waals surface area contributed by atoms with Crippen LogP contribution >= 0.6 is 0 Å². The highest BCUT2D eigenvalue weighted by atomic mass is 32.2. The molecule has 2 aromatic carbocycles. The summed E-state index contributed by atoms with van der Waals surface area (Å²) in [5.41, 5.74) is 3.29. The third-order valence-corrected chi connectivity index (χ3v) is 6.67. The quantitative estimate of drug-likeness (QED) is 0.732. The highest BCUT2D eigenvalue weighted by Gasteiger charge is 2.28. The minimum Gasteiger partial charge on any atom is -0.369 e. The van der Waals surface area contributed by atoms with E-state index in [2.05, 4.69) is 14.9 Å². The van der Waals surface area contributed by atoms with Crippen molar-refractivity contribution in [1.82, 2.24) is 14.3 Å². The number of sulfonamides is 1. The van der Waals surface area contributed by atoms with Gasteiger partial charge in [-0.3, -0.25) is 0 Å². The van der Waals surface area contributed by atoms with Gasteiger partial charge in [0.05, 0.1) is 15.9 Å². The van der Waals surface area contributed by atoms with E-state index in [4.69, 9.17) is 0 Å². The molecule has 1 saturated heterocycles. The number of hydrogen-bond acceptors (Lipinski definition) is 4. The molecule has 0 spiro atoms. The maximum Gasteiger partial charge on any atom is 0.323 e. The number of fused-ring (bicyclic) bond motifs is 1. The molecule has 3 aromatic rings. The molecule has 8 heteroatoms. The monoisotopic (exact) mass is 372 g/mol. The van der Waals surface area contributed by atoms with Crippen LogP contribution in [0.15, 0.2) is 52.2 Å². The van der Waals surface area contributed by atoms with Crippen molar-refractivity contribution in [3.63, 3.8) is 0 Å². The fourth-order valence-corrected chi connectivity index (χ4v) is 4.69. The van der Waals surface area contributed by atoms with Crippen molar-refractivity contribution in [1.29, 1.82) is 0 Å². The standard InChI is InChI=1S/C18H20N4O3S/c1-13-2-5-15(6-3-13)26(24,25)22-10-8-21(9-11-22)14-4-7-16-17(12-14)20-18(23)19-16/h2-7,12H,8-11H2,1H3,(H2,19,20,23). The first kappa shape index (κ1) is 16.9. The number of imidazole rings is 1. The van der Waals surface area contributed by atoms with Crippen molar-refractivity contribution in [2.24, 2.45) is 0 Å². The minimum atomic E-state index is -3.46. The van der Waals surface area contributed by atoms with Gasteiger partial charge in [-0.2, -0.15) is 4.31 Å². The van der Waals surface area contributed by atoms with Crippen LogP contribution in [0.5, 0.6) is 0 Å². The van der Waals surface area contributed by atoms with E-state index in [1.807, 2.05) is 37.3 Å². The second kappa shape index (κ2) is 6.30. The summed E-state index contributed by atoms with van der Waals surface area (Å²) in [7, 11) is -3.46. The van der Waals surface area contributed by atoms with Gasteiger partial charge >= 0.3 is 5.69 Å². The zero-order chi connectivity index (χ0) is 18.3. The highest BCUT2D eigenvalue weighted by Crippen LogP contribution is 2.23. The largest absolute Gasteiger partial charge is 0.369 e. The van der Waals surface area contributed by atoms with Gasteiger partial charge in [-0.1, -0.05) is 17.7 Å². The molecule has 2 heterocycles. The van der Waals surface area contributed by atoms with E-state index in [-0.39, 0.29) is 5.69 Å². The Labute approximate surface area is 151 Å². The normalized spacial score (nSPS) is 16.3. The summed E-state index contributed by atoms with van der Waals surface area (Å²) in [6.07, 6.45) is 0. The zero-order valence-electron chi connectivity index (χ0n) is 14.4. The molecule has 0 unspecified atom stereocenters. The van der Waals surface area contributed by atoms with Gasteiger partial charge in [-0.05, 0) is 37.3 Å². The maximum atomic E-state index is 12.8. The average Bonchev–Trinajstić information content (AvgIpc) is 3.01. The van der Waals surface area contributed by atoms with Crippen LogP contribution in [-0.4, -0.2) is 48.9 Å². The minimum absolute atomic E-state index is 0.230. The van der Waals surface area contributed by atoms with E-state index in [9.17, 15) is 13.2 Å². The molecule has 0 bridgehead atoms. The van der Waals surface area contributed by atoms with Gasteiger partial charge in [0, 0.05) is 31.9 Å². The number of anilines is 1. The van der Waals surface area contributed by atoms with Gasteiger partial charge in [0.2, 0.25) is 10.0 Å². The number of nitrogens with one attached hydrogen (secondary N) is 2. The molecule has 1 aliphatic heterocycles. The van der Waals surface area contributed by atoms with E-state index in [0.717, 1.165) is 22.3 Å². The molecule has 0 amide bonds. The predicted octanol–water partition coefficient (Wildman–Crippen LogP) is 1.68. The van der Waals surface area contributed by atoms with Crippen molar-refractivity contribution in [2.45, 2.75) is 11.8 Å². The molecular weight excluding hydrogens is 352 g/mol. The van der Waals surface area contributed by atoms with Crippen molar-refractivity contribution in [3.05, 3.63) is 58.5 Å². The number of hydrogen-bond donors (Lipinski definition) is 2. The lowest BCUT2D eigenvalue weighted by Crippen LogP contribution is -2.48. The van der Waals surface area contributed by atoms with Crippen LogP contribution in [0, 0.1) is 6.92 Å². The number of nitrogens with zero attached hydrogens (tertiary/aromatic N) is 2. The van der Waals surface area contributed by atoms with E-state index in [1.165, 1.54) is 4.31 Å². The average molecular weight is 372 g/mol. The first-order valence-electron chi connectivity index (χ1n) is 8.47. The Balaban J connectivity index is 1.50. The van der Waals surface area contributed by atoms with Crippen LogP contribution in [0.25, 0.3) is 11.0 Å². The van der Waals surface area contributed by atoms with E-state index in [0.29, 0.717) is 31.1 Å². The number of rotatable bonds is 3. The smallest absolute Gasteiger partial charge is 0.323 e. The van der Waals surface area contributed by atoms with Crippen molar-refractivity contribution < 1.29 is 8.42 Å². The van der Waals surface area contributed by atoms with Crippen molar-refractivity contribution in [2.75, 3.05) is 31.1 Å². The van der Waals surface area contributed by atoms with Crippen molar-refractivity contribution in [3.8, 4) is 0 Å². The van der Waals surface area contributed by atoms with E-state index >= 15 is 0 Å². The topological polar surface area (TPSA) is 89.3 Å². The SMILES string of the molecule is Cc1ccc(S(=O)(=O)N2CCN(c3ccc4[nH]c(=O)[nH]c4c3)CC2)cc1. The summed E-state index contributed by atoms with van der Waals surface area (Å²) in [6, 6.07) is 12.7. The molecule has 26 heavy (non-hydrogen) atoms. The van der Waals surface area contributed by atoms with Gasteiger partial charge in [0.25, 0.3) is 0 Å². The molecular formula is C18H20N4O3S. The van der Waals surface area contributed by atoms with Gasteiger partial charge in [-0.25, -0.2) is 13.2 Å². The van der Waals surface area contributed by atoms with Crippen LogP contribution in [0.3, 0.4) is 0 Å². The van der Waals surface area contributed by atoms with Gasteiger partial charge in [0.15, 0.2) is 0 Å². The third kappa shape index (κ3) is 3.02. The fraction of sp³-hybridized carbons (Fsp3) is 0.278. The number of aryl methyl sites for hydroxylation is 1. The summed E-state index contributed by atoms with van der Waals surface area (Å²) in [6.45, 7) is 4.00. The lowest BCUT2D eigenvalue weighted by molar-refractivity contribution is 0.385. The third-order valence-electron chi connectivity index (χ3n) is 4.76. The Morgan fingerprint density at radius 1 is 0.885 bits per heavy atom. The molecule has 1 aliphatic rings. The Hall–Kier alpha value is -2.58. The molecule has 136 valence electrons. The van der Waals surface area contributed by atoms with Gasteiger partial charge in [-0.15, -0.1) is 0 Å². The Morgan fingerprint density at radius 2 is 1.54 bits per heavy atom. The van der Waals surface area contributed by atoms with Crippen LogP contribution in [-0.2, 0) is 10.0 Å². The first-order valence-corrected chi connectivity index (χ1v) is 9.91. The summed E-state index contributed by atoms with van der Waals surface area (Å²) >= 11 is 0. The second-order valence-corrected chi connectivity index (χ2v) is 8.45. The predicted molar refractivity (Wildman–Crippen MR) is 101 cm³/mol. The Kier molecular flexibility index (Phi) is 4.08. The van der Waals surface area contributed by atoms with E-state index in [1.54, 1.807) is 12.1 Å². The lowest BCUT2D eigenvalue weighted by atomic mass is 10.2. The van der Waals surface area contributed by atoms with Crippen LogP contribution in [0.1, 0.15) is 5.56 Å². The Morgan fingerprint density at radius 3 is 2.23 bits per heavy atom. The summed E-state index contributed by atoms with van der Waals surface area (Å²) < 4.78 is 27.1. The summed E-state index contributed by atoms with van der Waals surface area (Å²) in [5.74, 6) is 0. The first-order chi connectivity index (χ1) is 12.4. The molecule has 2 N–H and O–H groups in total. The van der Waals surface area contributed by atoms with Gasteiger partial charge in [0.1, 0.15) is 0 Å². The molecule has 0 aliphatic carbocycles. The van der Waals surface area contributed by atoms with Crippen LogP contribution < -0.4 is 10.6 Å². The molecule has 4 rings (SSSR count). The summed E-state index contributed by atoms with van der Waals surface area (Å²) in [4.78, 5) is 19.3. The number of aromatic amines is 2. The molecule has 0 radical (unpaired) electrons. The zero-order valence-corrected chi connectivity index (χ0v) is 15.2. The van der Waals surface area contributed by atoms with Crippen LogP contribution in [0.4, 0.5) is 5.69 Å². The molecule has 1 aromatic heterocycles. The number of H-pyrrole nitrogens is 2. The fourth-order valence-electron chi connectivity index (χ4n) is 3.26.